The van der Waals surface area contributed by atoms with E-state index in [-0.39, 0.29) is 35.2 Å². The zero-order valence-electron chi connectivity index (χ0n) is 13.9. The summed E-state index contributed by atoms with van der Waals surface area (Å²) in [6.07, 6.45) is 2.64. The summed E-state index contributed by atoms with van der Waals surface area (Å²) in [6, 6.07) is 3.56. The standard InChI is InChI=1S/C17H23F2N3O.HI/c1-20-16(22-8-5-17(11-22)6-9-23-12-17)21-7-4-13-10-14(18)2-3-15(13)19;/h2-3,10H,4-9,11-12H2,1H3,(H,20,21);1H. The van der Waals surface area contributed by atoms with Crippen molar-refractivity contribution in [3.8, 4) is 0 Å². The average Bonchev–Trinajstić information content (AvgIpc) is 3.18. The summed E-state index contributed by atoms with van der Waals surface area (Å²) < 4.78 is 32.4. The van der Waals surface area contributed by atoms with E-state index >= 15 is 0 Å². The molecule has 1 spiro atoms. The Morgan fingerprint density at radius 2 is 2.21 bits per heavy atom. The van der Waals surface area contributed by atoms with Crippen LogP contribution < -0.4 is 5.32 Å². The minimum atomic E-state index is -0.409. The summed E-state index contributed by atoms with van der Waals surface area (Å²) in [4.78, 5) is 6.55. The fourth-order valence-electron chi connectivity index (χ4n) is 3.46. The quantitative estimate of drug-likeness (QED) is 0.437. The van der Waals surface area contributed by atoms with Crippen LogP contribution in [0.2, 0.25) is 0 Å². The van der Waals surface area contributed by atoms with Crippen molar-refractivity contribution in [1.82, 2.24) is 10.2 Å². The monoisotopic (exact) mass is 451 g/mol. The maximum Gasteiger partial charge on any atom is 0.193 e. The fourth-order valence-corrected chi connectivity index (χ4v) is 3.46. The van der Waals surface area contributed by atoms with Crippen molar-refractivity contribution in [1.29, 1.82) is 0 Å². The van der Waals surface area contributed by atoms with Crippen LogP contribution in [0.5, 0.6) is 0 Å². The summed E-state index contributed by atoms with van der Waals surface area (Å²) in [6.45, 7) is 4.10. The van der Waals surface area contributed by atoms with E-state index in [2.05, 4.69) is 15.2 Å². The number of likely N-dealkylation sites (tertiary alicyclic amines) is 1. The lowest BCUT2D eigenvalue weighted by Crippen LogP contribution is -2.42. The normalized spacial score (nSPS) is 23.6. The summed E-state index contributed by atoms with van der Waals surface area (Å²) in [5, 5.41) is 3.26. The van der Waals surface area contributed by atoms with Gasteiger partial charge in [-0.1, -0.05) is 0 Å². The highest BCUT2D eigenvalue weighted by Gasteiger charge is 2.42. The van der Waals surface area contributed by atoms with Crippen molar-refractivity contribution in [2.45, 2.75) is 19.3 Å². The topological polar surface area (TPSA) is 36.9 Å². The molecule has 1 aromatic rings. The van der Waals surface area contributed by atoms with Crippen LogP contribution in [-0.2, 0) is 11.2 Å². The molecular formula is C17H24F2IN3O. The highest BCUT2D eigenvalue weighted by atomic mass is 127. The zero-order valence-corrected chi connectivity index (χ0v) is 16.2. The molecule has 2 aliphatic heterocycles. The third kappa shape index (κ3) is 4.36. The second-order valence-electron chi connectivity index (χ2n) is 6.43. The maximum atomic E-state index is 13.6. The molecule has 1 unspecified atom stereocenters. The van der Waals surface area contributed by atoms with Crippen molar-refractivity contribution in [3.05, 3.63) is 35.4 Å². The third-order valence-corrected chi connectivity index (χ3v) is 4.82. The Kier molecular flexibility index (Phi) is 6.79. The summed E-state index contributed by atoms with van der Waals surface area (Å²) in [7, 11) is 1.75. The molecule has 0 aliphatic carbocycles. The SMILES string of the molecule is CN=C(NCCc1cc(F)ccc1F)N1CCC2(CCOC2)C1.I. The van der Waals surface area contributed by atoms with Gasteiger partial charge in [-0.15, -0.1) is 24.0 Å². The van der Waals surface area contributed by atoms with E-state index in [0.29, 0.717) is 18.5 Å². The Hall–Kier alpha value is -0.960. The first-order chi connectivity index (χ1) is 11.1. The number of nitrogens with zero attached hydrogens (tertiary/aromatic N) is 2. The Balaban J connectivity index is 0.00000208. The largest absolute Gasteiger partial charge is 0.381 e. The van der Waals surface area contributed by atoms with Gasteiger partial charge in [0.05, 0.1) is 6.61 Å². The van der Waals surface area contributed by atoms with E-state index in [1.54, 1.807) is 7.05 Å². The molecule has 2 saturated heterocycles. The summed E-state index contributed by atoms with van der Waals surface area (Å²) >= 11 is 0. The Labute approximate surface area is 158 Å². The van der Waals surface area contributed by atoms with Crippen molar-refractivity contribution in [2.75, 3.05) is 39.9 Å². The molecule has 2 aliphatic rings. The molecule has 2 fully saturated rings. The first-order valence-corrected chi connectivity index (χ1v) is 8.09. The molecule has 0 aromatic heterocycles. The second-order valence-corrected chi connectivity index (χ2v) is 6.43. The van der Waals surface area contributed by atoms with Gasteiger partial charge < -0.3 is 15.0 Å². The predicted octanol–water partition coefficient (Wildman–Crippen LogP) is 2.81. The van der Waals surface area contributed by atoms with Gasteiger partial charge in [-0.05, 0) is 43.0 Å². The van der Waals surface area contributed by atoms with Crippen LogP contribution in [0.1, 0.15) is 18.4 Å². The number of aliphatic imine (C=N–C) groups is 1. The lowest BCUT2D eigenvalue weighted by Gasteiger charge is -2.25. The molecule has 7 heteroatoms. The number of guanidine groups is 1. The Morgan fingerprint density at radius 3 is 2.92 bits per heavy atom. The van der Waals surface area contributed by atoms with Crippen molar-refractivity contribution < 1.29 is 13.5 Å². The van der Waals surface area contributed by atoms with Crippen molar-refractivity contribution in [2.24, 2.45) is 10.4 Å². The van der Waals surface area contributed by atoms with Gasteiger partial charge in [-0.3, -0.25) is 4.99 Å². The lowest BCUT2D eigenvalue weighted by molar-refractivity contribution is 0.156. The van der Waals surface area contributed by atoms with E-state index < -0.39 is 5.82 Å². The molecule has 3 rings (SSSR count). The molecular weight excluding hydrogens is 427 g/mol. The summed E-state index contributed by atoms with van der Waals surface area (Å²) in [5.74, 6) is 0.0468. The number of halogens is 3. The molecule has 0 bridgehead atoms. The molecule has 134 valence electrons. The van der Waals surface area contributed by atoms with Gasteiger partial charge >= 0.3 is 0 Å². The first-order valence-electron chi connectivity index (χ1n) is 8.09. The van der Waals surface area contributed by atoms with E-state index in [1.165, 1.54) is 12.1 Å². The Bertz CT molecular complexity index is 591. The molecule has 24 heavy (non-hydrogen) atoms. The van der Waals surface area contributed by atoms with Gasteiger partial charge in [-0.2, -0.15) is 0 Å². The molecule has 0 amide bonds. The minimum absolute atomic E-state index is 0. The van der Waals surface area contributed by atoms with Crippen LogP contribution in [0.25, 0.3) is 0 Å². The fraction of sp³-hybridized carbons (Fsp3) is 0.588. The van der Waals surface area contributed by atoms with Crippen LogP contribution in [0.4, 0.5) is 8.78 Å². The molecule has 1 N–H and O–H groups in total. The summed E-state index contributed by atoms with van der Waals surface area (Å²) in [5.41, 5.74) is 0.654. The van der Waals surface area contributed by atoms with Gasteiger partial charge in [0, 0.05) is 38.7 Å². The van der Waals surface area contributed by atoms with Gasteiger partial charge in [0.25, 0.3) is 0 Å². The van der Waals surface area contributed by atoms with E-state index in [9.17, 15) is 8.78 Å². The number of nitrogens with one attached hydrogen (secondary N) is 1. The molecule has 0 saturated carbocycles. The van der Waals surface area contributed by atoms with E-state index in [4.69, 9.17) is 4.74 Å². The predicted molar refractivity (Wildman–Crippen MR) is 101 cm³/mol. The molecule has 2 heterocycles. The maximum absolute atomic E-state index is 13.6. The van der Waals surface area contributed by atoms with Gasteiger partial charge in [0.2, 0.25) is 0 Å². The number of benzene rings is 1. The van der Waals surface area contributed by atoms with Crippen molar-refractivity contribution >= 4 is 29.9 Å². The minimum Gasteiger partial charge on any atom is -0.381 e. The van der Waals surface area contributed by atoms with Gasteiger partial charge in [0.15, 0.2) is 5.96 Å². The van der Waals surface area contributed by atoms with Crippen molar-refractivity contribution in [3.63, 3.8) is 0 Å². The average molecular weight is 451 g/mol. The molecule has 1 atom stereocenters. The Morgan fingerprint density at radius 1 is 1.38 bits per heavy atom. The van der Waals surface area contributed by atoms with E-state index in [0.717, 1.165) is 51.2 Å². The third-order valence-electron chi connectivity index (χ3n) is 4.82. The van der Waals surface area contributed by atoms with Crippen LogP contribution in [-0.4, -0.2) is 50.8 Å². The van der Waals surface area contributed by atoms with Gasteiger partial charge in [-0.25, -0.2) is 8.78 Å². The smallest absolute Gasteiger partial charge is 0.193 e. The number of ether oxygens (including phenoxy) is 1. The lowest BCUT2D eigenvalue weighted by atomic mass is 9.87. The number of hydrogen-bond donors (Lipinski definition) is 1. The number of hydrogen-bond acceptors (Lipinski definition) is 2. The molecule has 1 aromatic carbocycles. The van der Waals surface area contributed by atoms with Crippen LogP contribution in [0.15, 0.2) is 23.2 Å². The molecule has 4 nitrogen and oxygen atoms in total. The van der Waals surface area contributed by atoms with Gasteiger partial charge in [0.1, 0.15) is 11.6 Å². The first kappa shape index (κ1) is 19.4. The highest BCUT2D eigenvalue weighted by molar-refractivity contribution is 14.0. The highest BCUT2D eigenvalue weighted by Crippen LogP contribution is 2.38. The van der Waals surface area contributed by atoms with Crippen LogP contribution >= 0.6 is 24.0 Å². The van der Waals surface area contributed by atoms with E-state index in [1.807, 2.05) is 0 Å². The number of rotatable bonds is 3. The molecule has 0 radical (unpaired) electrons. The zero-order chi connectivity index (χ0) is 16.3. The van der Waals surface area contributed by atoms with Crippen LogP contribution in [0, 0.1) is 17.0 Å². The van der Waals surface area contributed by atoms with Crippen LogP contribution in [0.3, 0.4) is 0 Å². The second kappa shape index (κ2) is 8.42.